The van der Waals surface area contributed by atoms with Crippen LogP contribution >= 0.6 is 0 Å². The molecule has 4 heterocycles. The van der Waals surface area contributed by atoms with E-state index in [0.29, 0.717) is 35.1 Å². The lowest BCUT2D eigenvalue weighted by Crippen LogP contribution is -2.31. The van der Waals surface area contributed by atoms with Crippen molar-refractivity contribution in [2.45, 2.75) is 18.9 Å². The highest BCUT2D eigenvalue weighted by molar-refractivity contribution is 5.94. The van der Waals surface area contributed by atoms with Crippen LogP contribution in [0.5, 0.6) is 0 Å². The van der Waals surface area contributed by atoms with Crippen LogP contribution in [0.4, 0.5) is 15.9 Å². The average molecular weight is 440 g/mol. The third-order valence-electron chi connectivity index (χ3n) is 5.56. The molecule has 1 aliphatic rings. The Morgan fingerprint density at radius 2 is 1.73 bits per heavy atom. The van der Waals surface area contributed by atoms with Crippen LogP contribution in [0.1, 0.15) is 35.1 Å². The van der Waals surface area contributed by atoms with Gasteiger partial charge in [-0.05, 0) is 55.3 Å². The highest BCUT2D eigenvalue weighted by Crippen LogP contribution is 2.33. The number of nitrogens with one attached hydrogen (secondary N) is 1. The van der Waals surface area contributed by atoms with E-state index in [0.717, 1.165) is 18.4 Å². The predicted octanol–water partition coefficient (Wildman–Crippen LogP) is 4.79. The largest absolute Gasteiger partial charge is 0.340 e. The van der Waals surface area contributed by atoms with Crippen LogP contribution < -0.4 is 5.32 Å². The van der Waals surface area contributed by atoms with Gasteiger partial charge in [0.05, 0.1) is 11.7 Å². The quantitative estimate of drug-likeness (QED) is 0.480. The van der Waals surface area contributed by atoms with Crippen LogP contribution in [-0.2, 0) is 0 Å². The molecule has 4 aromatic rings. The summed E-state index contributed by atoms with van der Waals surface area (Å²) < 4.78 is 13.7. The first-order valence-electron chi connectivity index (χ1n) is 10.7. The summed E-state index contributed by atoms with van der Waals surface area (Å²) in [7, 11) is 0. The summed E-state index contributed by atoms with van der Waals surface area (Å²) in [5.41, 5.74) is 2.74. The Bertz CT molecular complexity index is 1270. The van der Waals surface area contributed by atoms with E-state index in [-0.39, 0.29) is 17.8 Å². The van der Waals surface area contributed by atoms with E-state index in [4.69, 9.17) is 9.97 Å². The molecule has 1 atom stereocenters. The van der Waals surface area contributed by atoms with Crippen LogP contribution in [0.25, 0.3) is 11.3 Å². The first kappa shape index (κ1) is 20.7. The van der Waals surface area contributed by atoms with Crippen molar-refractivity contribution in [3.63, 3.8) is 0 Å². The Hall–Kier alpha value is -4.20. The zero-order chi connectivity index (χ0) is 22.6. The van der Waals surface area contributed by atoms with Gasteiger partial charge in [0.15, 0.2) is 5.82 Å². The van der Waals surface area contributed by atoms with Crippen LogP contribution in [0, 0.1) is 5.82 Å². The number of anilines is 2. The maximum atomic E-state index is 13.7. The van der Waals surface area contributed by atoms with Crippen molar-refractivity contribution in [2.24, 2.45) is 0 Å². The van der Waals surface area contributed by atoms with Crippen molar-refractivity contribution >= 4 is 17.4 Å². The number of carbonyl (C=O) groups is 1. The second-order valence-corrected chi connectivity index (χ2v) is 7.76. The monoisotopic (exact) mass is 440 g/mol. The molecule has 1 fully saturated rings. The molecule has 0 saturated carbocycles. The van der Waals surface area contributed by atoms with Gasteiger partial charge in [-0.1, -0.05) is 6.07 Å². The number of pyridine rings is 2. The Morgan fingerprint density at radius 1 is 0.970 bits per heavy atom. The minimum atomic E-state index is -0.339. The molecule has 3 aromatic heterocycles. The number of nitrogens with zero attached hydrogens (tertiary/aromatic N) is 5. The average Bonchev–Trinajstić information content (AvgIpc) is 3.35. The fourth-order valence-corrected chi connectivity index (χ4v) is 4.00. The van der Waals surface area contributed by atoms with E-state index in [2.05, 4.69) is 15.3 Å². The van der Waals surface area contributed by atoms with Crippen molar-refractivity contribution in [3.8, 4) is 11.3 Å². The van der Waals surface area contributed by atoms with Crippen LogP contribution in [0.2, 0.25) is 0 Å². The number of likely N-dealkylation sites (tertiary alicyclic amines) is 1. The first-order chi connectivity index (χ1) is 16.2. The van der Waals surface area contributed by atoms with Crippen molar-refractivity contribution < 1.29 is 9.18 Å². The molecule has 33 heavy (non-hydrogen) atoms. The fraction of sp³-hybridized carbons (Fsp3) is 0.160. The van der Waals surface area contributed by atoms with Crippen LogP contribution in [0.15, 0.2) is 79.4 Å². The van der Waals surface area contributed by atoms with Gasteiger partial charge in [-0.3, -0.25) is 14.8 Å². The Labute approximate surface area is 190 Å². The smallest absolute Gasteiger partial charge is 0.254 e. The minimum absolute atomic E-state index is 0.0718. The molecular formula is C25H21FN6O. The Balaban J connectivity index is 1.53. The zero-order valence-electron chi connectivity index (χ0n) is 17.7. The summed E-state index contributed by atoms with van der Waals surface area (Å²) in [6.07, 6.45) is 8.24. The molecule has 0 aliphatic carbocycles. The molecular weight excluding hydrogens is 419 g/mol. The number of rotatable bonds is 5. The molecule has 1 saturated heterocycles. The molecule has 0 spiro atoms. The zero-order valence-corrected chi connectivity index (χ0v) is 17.7. The van der Waals surface area contributed by atoms with Crippen molar-refractivity contribution in [3.05, 3.63) is 96.6 Å². The summed E-state index contributed by atoms with van der Waals surface area (Å²) in [6.45, 7) is 0.626. The van der Waals surface area contributed by atoms with Gasteiger partial charge < -0.3 is 10.2 Å². The SMILES string of the molecule is O=C(c1ccncc1)N1CCC[C@@H]1c1nc(Nc2cccc(F)c2)cc(-c2ccncc2)n1. The number of aromatic nitrogens is 4. The van der Waals surface area contributed by atoms with Gasteiger partial charge in [-0.2, -0.15) is 0 Å². The molecule has 1 N–H and O–H groups in total. The molecule has 1 amide bonds. The van der Waals surface area contributed by atoms with E-state index in [1.165, 1.54) is 12.1 Å². The highest BCUT2D eigenvalue weighted by atomic mass is 19.1. The lowest BCUT2D eigenvalue weighted by Gasteiger charge is -2.24. The Kier molecular flexibility index (Phi) is 5.72. The van der Waals surface area contributed by atoms with Gasteiger partial charge in [0, 0.05) is 54.2 Å². The molecule has 0 radical (unpaired) electrons. The van der Waals surface area contributed by atoms with Crippen molar-refractivity contribution in [1.82, 2.24) is 24.8 Å². The van der Waals surface area contributed by atoms with Gasteiger partial charge in [0.1, 0.15) is 11.6 Å². The molecule has 1 aliphatic heterocycles. The molecule has 8 heteroatoms. The van der Waals surface area contributed by atoms with E-state index < -0.39 is 0 Å². The Morgan fingerprint density at radius 3 is 2.48 bits per heavy atom. The summed E-state index contributed by atoms with van der Waals surface area (Å²) in [4.78, 5) is 32.6. The summed E-state index contributed by atoms with van der Waals surface area (Å²) >= 11 is 0. The fourth-order valence-electron chi connectivity index (χ4n) is 4.00. The van der Waals surface area contributed by atoms with Crippen molar-refractivity contribution in [2.75, 3.05) is 11.9 Å². The van der Waals surface area contributed by atoms with E-state index in [9.17, 15) is 9.18 Å². The normalized spacial score (nSPS) is 15.4. The maximum absolute atomic E-state index is 13.7. The first-order valence-corrected chi connectivity index (χ1v) is 10.7. The summed E-state index contributed by atoms with van der Waals surface area (Å²) in [6, 6.07) is 14.9. The number of hydrogen-bond acceptors (Lipinski definition) is 6. The molecule has 7 nitrogen and oxygen atoms in total. The van der Waals surface area contributed by atoms with E-state index >= 15 is 0 Å². The molecule has 0 unspecified atom stereocenters. The van der Waals surface area contributed by atoms with Crippen molar-refractivity contribution in [1.29, 1.82) is 0 Å². The molecule has 164 valence electrons. The van der Waals surface area contributed by atoms with Gasteiger partial charge in [-0.25, -0.2) is 14.4 Å². The number of hydrogen-bond donors (Lipinski definition) is 1. The third-order valence-corrected chi connectivity index (χ3v) is 5.56. The number of carbonyl (C=O) groups excluding carboxylic acids is 1. The second-order valence-electron chi connectivity index (χ2n) is 7.76. The number of halogens is 1. The minimum Gasteiger partial charge on any atom is -0.340 e. The van der Waals surface area contributed by atoms with Gasteiger partial charge in [0.25, 0.3) is 5.91 Å². The standard InChI is InChI=1S/C25H21FN6O/c26-19-3-1-4-20(15-19)29-23-16-21(17-6-10-27-11-7-17)30-24(31-23)22-5-2-14-32(22)25(33)18-8-12-28-13-9-18/h1,3-4,6-13,15-16,22H,2,5,14H2,(H,29,30,31)/t22-/m1/s1. The third kappa shape index (κ3) is 4.55. The lowest BCUT2D eigenvalue weighted by atomic mass is 10.1. The molecule has 5 rings (SSSR count). The lowest BCUT2D eigenvalue weighted by molar-refractivity contribution is 0.0730. The predicted molar refractivity (Wildman–Crippen MR) is 122 cm³/mol. The second kappa shape index (κ2) is 9.12. The topological polar surface area (TPSA) is 83.9 Å². The number of benzene rings is 1. The number of amides is 1. The summed E-state index contributed by atoms with van der Waals surface area (Å²) in [5, 5.41) is 3.18. The summed E-state index contributed by atoms with van der Waals surface area (Å²) in [5.74, 6) is 0.662. The van der Waals surface area contributed by atoms with E-state index in [1.807, 2.05) is 23.1 Å². The van der Waals surface area contributed by atoms with Gasteiger partial charge >= 0.3 is 0 Å². The van der Waals surface area contributed by atoms with Crippen LogP contribution in [-0.4, -0.2) is 37.3 Å². The highest BCUT2D eigenvalue weighted by Gasteiger charge is 2.33. The van der Waals surface area contributed by atoms with E-state index in [1.54, 1.807) is 49.1 Å². The van der Waals surface area contributed by atoms with Gasteiger partial charge in [-0.15, -0.1) is 0 Å². The maximum Gasteiger partial charge on any atom is 0.254 e. The molecule has 1 aromatic carbocycles. The van der Waals surface area contributed by atoms with Gasteiger partial charge in [0.2, 0.25) is 0 Å². The van der Waals surface area contributed by atoms with Crippen LogP contribution in [0.3, 0.4) is 0 Å². The molecule has 0 bridgehead atoms.